The Hall–Kier alpha value is -2.22. The van der Waals surface area contributed by atoms with Crippen molar-refractivity contribution in [2.24, 2.45) is 7.05 Å². The van der Waals surface area contributed by atoms with E-state index >= 15 is 0 Å². The van der Waals surface area contributed by atoms with Gasteiger partial charge in [0.15, 0.2) is 0 Å². The van der Waals surface area contributed by atoms with Crippen molar-refractivity contribution in [3.05, 3.63) is 29.5 Å². The quantitative estimate of drug-likeness (QED) is 0.868. The van der Waals surface area contributed by atoms with Crippen LogP contribution in [0.15, 0.2) is 12.5 Å². The predicted octanol–water partition coefficient (Wildman–Crippen LogP) is 1.14. The van der Waals surface area contributed by atoms with E-state index in [9.17, 15) is 9.59 Å². The maximum absolute atomic E-state index is 11.9. The van der Waals surface area contributed by atoms with Crippen LogP contribution < -0.4 is 5.32 Å². The summed E-state index contributed by atoms with van der Waals surface area (Å²) in [5.74, 6) is -1.53. The second-order valence-corrected chi connectivity index (χ2v) is 4.39. The third-order valence-corrected chi connectivity index (χ3v) is 3.21. The minimum absolute atomic E-state index is 0.0236. The molecule has 0 atom stereocenters. The Morgan fingerprint density at radius 1 is 1.50 bits per heavy atom. The van der Waals surface area contributed by atoms with E-state index in [0.717, 1.165) is 11.5 Å². The van der Waals surface area contributed by atoms with Gasteiger partial charge < -0.3 is 15.0 Å². The monoisotopic (exact) mass is 266 g/mol. The summed E-state index contributed by atoms with van der Waals surface area (Å²) in [4.78, 5) is 26.8. The Morgan fingerprint density at radius 3 is 2.78 bits per heavy atom. The van der Waals surface area contributed by atoms with Crippen molar-refractivity contribution in [3.63, 3.8) is 0 Å². The number of anilines is 1. The van der Waals surface area contributed by atoms with Crippen LogP contribution in [-0.2, 0) is 7.05 Å². The molecule has 2 rings (SSSR count). The van der Waals surface area contributed by atoms with Crippen LogP contribution >= 0.6 is 11.5 Å². The van der Waals surface area contributed by atoms with Crippen molar-refractivity contribution in [2.75, 3.05) is 5.32 Å². The van der Waals surface area contributed by atoms with Gasteiger partial charge >= 0.3 is 5.97 Å². The Kier molecular flexibility index (Phi) is 3.11. The molecular weight excluding hydrogens is 256 g/mol. The molecule has 0 bridgehead atoms. The molecule has 2 aromatic rings. The molecule has 94 valence electrons. The van der Waals surface area contributed by atoms with Gasteiger partial charge in [-0.3, -0.25) is 4.79 Å². The lowest BCUT2D eigenvalue weighted by Gasteiger charge is -2.03. The fraction of sp³-hybridized carbons (Fsp3) is 0.200. The van der Waals surface area contributed by atoms with Gasteiger partial charge in [-0.05, 0) is 18.5 Å². The van der Waals surface area contributed by atoms with E-state index in [1.54, 1.807) is 18.5 Å². The Bertz CT molecular complexity index is 616. The molecule has 0 aliphatic carbocycles. The molecule has 0 aliphatic heterocycles. The second kappa shape index (κ2) is 4.57. The molecule has 2 heterocycles. The Balaban J connectivity index is 2.28. The summed E-state index contributed by atoms with van der Waals surface area (Å²) in [6.07, 6.45) is 2.90. The number of carboxylic acids is 1. The average Bonchev–Trinajstić information content (AvgIpc) is 2.85. The van der Waals surface area contributed by atoms with Crippen molar-refractivity contribution in [1.29, 1.82) is 0 Å². The van der Waals surface area contributed by atoms with E-state index in [1.165, 1.54) is 12.5 Å². The van der Waals surface area contributed by atoms with Gasteiger partial charge in [-0.1, -0.05) is 0 Å². The Morgan fingerprint density at radius 2 is 2.22 bits per heavy atom. The number of nitrogens with one attached hydrogen (secondary N) is 1. The molecule has 7 nitrogen and oxygen atoms in total. The van der Waals surface area contributed by atoms with E-state index in [1.807, 2.05) is 0 Å². The number of hydrogen-bond donors (Lipinski definition) is 2. The van der Waals surface area contributed by atoms with Crippen molar-refractivity contribution < 1.29 is 14.7 Å². The van der Waals surface area contributed by atoms with Crippen LogP contribution in [0.5, 0.6) is 0 Å². The smallest absolute Gasteiger partial charge is 0.340 e. The molecule has 8 heteroatoms. The van der Waals surface area contributed by atoms with Crippen LogP contribution in [-0.4, -0.2) is 30.9 Å². The van der Waals surface area contributed by atoms with Gasteiger partial charge in [0, 0.05) is 7.05 Å². The van der Waals surface area contributed by atoms with Gasteiger partial charge in [0.1, 0.15) is 16.3 Å². The van der Waals surface area contributed by atoms with E-state index in [0.29, 0.717) is 11.4 Å². The molecule has 2 aromatic heterocycles. The van der Waals surface area contributed by atoms with Crippen molar-refractivity contribution >= 4 is 28.4 Å². The first-order valence-electron chi connectivity index (χ1n) is 4.98. The summed E-state index contributed by atoms with van der Waals surface area (Å²) >= 11 is 0.944. The van der Waals surface area contributed by atoms with Crippen LogP contribution in [0.2, 0.25) is 0 Å². The number of carboxylic acid groups (broad SMARTS) is 1. The number of aryl methyl sites for hydroxylation is 2. The lowest BCUT2D eigenvalue weighted by atomic mass is 10.2. The number of amides is 1. The SMILES string of the molecule is Cc1nsc(NC(=O)c2cncn2C)c1C(=O)O. The summed E-state index contributed by atoms with van der Waals surface area (Å²) in [6, 6.07) is 0. The summed E-state index contributed by atoms with van der Waals surface area (Å²) in [5.41, 5.74) is 0.751. The fourth-order valence-electron chi connectivity index (χ4n) is 1.45. The van der Waals surface area contributed by atoms with E-state index < -0.39 is 11.9 Å². The van der Waals surface area contributed by atoms with E-state index in [4.69, 9.17) is 5.11 Å². The third kappa shape index (κ3) is 2.09. The number of hydrogen-bond acceptors (Lipinski definition) is 5. The zero-order valence-electron chi connectivity index (χ0n) is 9.67. The molecule has 1 amide bonds. The highest BCUT2D eigenvalue weighted by Gasteiger charge is 2.20. The summed E-state index contributed by atoms with van der Waals surface area (Å²) in [6.45, 7) is 1.58. The first kappa shape index (κ1) is 12.2. The second-order valence-electron chi connectivity index (χ2n) is 3.62. The molecule has 2 N–H and O–H groups in total. The number of aromatic carboxylic acids is 1. The number of aromatic nitrogens is 3. The molecule has 0 aromatic carbocycles. The topological polar surface area (TPSA) is 97.1 Å². The normalized spacial score (nSPS) is 10.3. The Labute approximate surface area is 106 Å². The van der Waals surface area contributed by atoms with E-state index in [-0.39, 0.29) is 10.6 Å². The van der Waals surface area contributed by atoms with Crippen molar-refractivity contribution in [1.82, 2.24) is 13.9 Å². The van der Waals surface area contributed by atoms with Gasteiger partial charge in [-0.2, -0.15) is 4.37 Å². The van der Waals surface area contributed by atoms with Crippen LogP contribution in [0.1, 0.15) is 26.5 Å². The third-order valence-electron chi connectivity index (χ3n) is 2.35. The fourth-order valence-corrected chi connectivity index (χ4v) is 2.23. The first-order valence-corrected chi connectivity index (χ1v) is 5.75. The van der Waals surface area contributed by atoms with Gasteiger partial charge in [-0.15, -0.1) is 0 Å². The highest BCUT2D eigenvalue weighted by molar-refractivity contribution is 7.11. The zero-order valence-corrected chi connectivity index (χ0v) is 10.5. The van der Waals surface area contributed by atoms with Crippen LogP contribution in [0, 0.1) is 6.92 Å². The lowest BCUT2D eigenvalue weighted by Crippen LogP contribution is -2.16. The van der Waals surface area contributed by atoms with Gasteiger partial charge in [0.05, 0.1) is 18.2 Å². The standard InChI is InChI=1S/C10H10N4O3S/c1-5-7(10(16)17)9(18-13-5)12-8(15)6-3-11-4-14(6)2/h3-4H,1-2H3,(H,12,15)(H,16,17). The number of imidazole rings is 1. The first-order chi connectivity index (χ1) is 8.50. The minimum atomic E-state index is -1.11. The maximum atomic E-state index is 11.9. The molecule has 0 radical (unpaired) electrons. The summed E-state index contributed by atoms with van der Waals surface area (Å²) < 4.78 is 5.46. The van der Waals surface area contributed by atoms with Crippen molar-refractivity contribution in [2.45, 2.75) is 6.92 Å². The van der Waals surface area contributed by atoms with Gasteiger partial charge in [0.2, 0.25) is 0 Å². The van der Waals surface area contributed by atoms with Gasteiger partial charge in [0.25, 0.3) is 5.91 Å². The molecule has 0 unspecified atom stereocenters. The highest BCUT2D eigenvalue weighted by atomic mass is 32.1. The number of carbonyl (C=O) groups excluding carboxylic acids is 1. The van der Waals surface area contributed by atoms with Gasteiger partial charge in [-0.25, -0.2) is 9.78 Å². The summed E-state index contributed by atoms with van der Waals surface area (Å²) in [7, 11) is 1.68. The highest BCUT2D eigenvalue weighted by Crippen LogP contribution is 2.24. The molecular formula is C10H10N4O3S. The van der Waals surface area contributed by atoms with Crippen LogP contribution in [0.3, 0.4) is 0 Å². The molecule has 0 fully saturated rings. The predicted molar refractivity (Wildman–Crippen MR) is 65.0 cm³/mol. The minimum Gasteiger partial charge on any atom is -0.478 e. The zero-order chi connectivity index (χ0) is 13.3. The van der Waals surface area contributed by atoms with Crippen LogP contribution in [0.25, 0.3) is 0 Å². The number of rotatable bonds is 3. The molecule has 18 heavy (non-hydrogen) atoms. The molecule has 0 saturated heterocycles. The molecule has 0 aliphatic rings. The van der Waals surface area contributed by atoms with Crippen LogP contribution in [0.4, 0.5) is 5.00 Å². The summed E-state index contributed by atoms with van der Waals surface area (Å²) in [5, 5.41) is 11.8. The number of carbonyl (C=O) groups is 2. The van der Waals surface area contributed by atoms with Crippen molar-refractivity contribution in [3.8, 4) is 0 Å². The largest absolute Gasteiger partial charge is 0.478 e. The van der Waals surface area contributed by atoms with E-state index in [2.05, 4.69) is 14.7 Å². The maximum Gasteiger partial charge on any atom is 0.340 e. The number of nitrogens with zero attached hydrogens (tertiary/aromatic N) is 3. The molecule has 0 spiro atoms. The average molecular weight is 266 g/mol. The lowest BCUT2D eigenvalue weighted by molar-refractivity contribution is 0.0697. The molecule has 0 saturated carbocycles.